The van der Waals surface area contributed by atoms with Crippen LogP contribution >= 0.6 is 0 Å². The molecule has 1 aromatic rings. The largest absolute Gasteiger partial charge is 0.497 e. The van der Waals surface area contributed by atoms with Crippen LogP contribution in [0.4, 0.5) is 0 Å². The molecule has 0 atom stereocenters. The van der Waals surface area contributed by atoms with Crippen LogP contribution in [0.15, 0.2) is 24.3 Å². The van der Waals surface area contributed by atoms with Crippen LogP contribution in [0, 0.1) is 0 Å². The third-order valence-electron chi connectivity index (χ3n) is 2.34. The standard InChI is InChI=1S/C13H17NO3/c1-3-4-13(16)14-9-12(15)10-5-7-11(17-2)8-6-10/h5-8H,3-4,9H2,1-2H3,(H,14,16). The number of methoxy groups -OCH3 is 1. The minimum Gasteiger partial charge on any atom is -0.497 e. The van der Waals surface area contributed by atoms with Gasteiger partial charge in [0.25, 0.3) is 0 Å². The van der Waals surface area contributed by atoms with Gasteiger partial charge in [0.2, 0.25) is 5.91 Å². The van der Waals surface area contributed by atoms with E-state index in [1.165, 1.54) is 0 Å². The lowest BCUT2D eigenvalue weighted by Crippen LogP contribution is -2.29. The molecule has 0 aliphatic carbocycles. The van der Waals surface area contributed by atoms with Gasteiger partial charge >= 0.3 is 0 Å². The van der Waals surface area contributed by atoms with E-state index < -0.39 is 0 Å². The fourth-order valence-corrected chi connectivity index (χ4v) is 1.37. The summed E-state index contributed by atoms with van der Waals surface area (Å²) in [6, 6.07) is 6.82. The number of ether oxygens (including phenoxy) is 1. The highest BCUT2D eigenvalue weighted by atomic mass is 16.5. The highest BCUT2D eigenvalue weighted by molar-refractivity contribution is 5.99. The molecule has 1 aromatic carbocycles. The van der Waals surface area contributed by atoms with Crippen molar-refractivity contribution in [1.82, 2.24) is 5.32 Å². The van der Waals surface area contributed by atoms with Crippen molar-refractivity contribution in [2.24, 2.45) is 0 Å². The molecule has 1 amide bonds. The maximum absolute atomic E-state index is 11.7. The zero-order chi connectivity index (χ0) is 12.7. The van der Waals surface area contributed by atoms with Gasteiger partial charge in [-0.05, 0) is 30.7 Å². The van der Waals surface area contributed by atoms with Gasteiger partial charge in [0.15, 0.2) is 5.78 Å². The van der Waals surface area contributed by atoms with Gasteiger partial charge in [0.05, 0.1) is 13.7 Å². The SMILES string of the molecule is CCCC(=O)NCC(=O)c1ccc(OC)cc1. The van der Waals surface area contributed by atoms with E-state index in [0.29, 0.717) is 17.7 Å². The Labute approximate surface area is 101 Å². The van der Waals surface area contributed by atoms with Crippen LogP contribution in [0.5, 0.6) is 5.75 Å². The number of Topliss-reactive ketones (excluding diaryl/α,β-unsaturated/α-hetero) is 1. The van der Waals surface area contributed by atoms with Crippen molar-refractivity contribution in [3.8, 4) is 5.75 Å². The van der Waals surface area contributed by atoms with Gasteiger partial charge in [-0.3, -0.25) is 9.59 Å². The third-order valence-corrected chi connectivity index (χ3v) is 2.34. The summed E-state index contributed by atoms with van der Waals surface area (Å²) in [7, 11) is 1.57. The molecule has 0 aliphatic heterocycles. The number of ketones is 1. The van der Waals surface area contributed by atoms with E-state index >= 15 is 0 Å². The molecule has 0 aromatic heterocycles. The van der Waals surface area contributed by atoms with Crippen LogP contribution in [0.1, 0.15) is 30.1 Å². The molecule has 1 rings (SSSR count). The van der Waals surface area contributed by atoms with E-state index in [1.54, 1.807) is 31.4 Å². The van der Waals surface area contributed by atoms with Gasteiger partial charge in [-0.2, -0.15) is 0 Å². The molecule has 0 radical (unpaired) electrons. The molecule has 4 nitrogen and oxygen atoms in total. The number of rotatable bonds is 6. The second-order valence-electron chi connectivity index (χ2n) is 3.68. The molecular weight excluding hydrogens is 218 g/mol. The Kier molecular flexibility index (Phi) is 5.20. The molecule has 0 fully saturated rings. The number of hydrogen-bond acceptors (Lipinski definition) is 3. The zero-order valence-corrected chi connectivity index (χ0v) is 10.2. The van der Waals surface area contributed by atoms with Gasteiger partial charge in [0.1, 0.15) is 5.75 Å². The Morgan fingerprint density at radius 2 is 1.88 bits per heavy atom. The summed E-state index contributed by atoms with van der Waals surface area (Å²) in [6.07, 6.45) is 1.23. The number of carbonyl (C=O) groups is 2. The van der Waals surface area contributed by atoms with E-state index in [0.717, 1.165) is 6.42 Å². The van der Waals surface area contributed by atoms with Crippen molar-refractivity contribution >= 4 is 11.7 Å². The van der Waals surface area contributed by atoms with Crippen LogP contribution in [0.25, 0.3) is 0 Å². The Bertz CT molecular complexity index is 384. The van der Waals surface area contributed by atoms with E-state index in [1.807, 2.05) is 6.92 Å². The number of nitrogens with one attached hydrogen (secondary N) is 1. The maximum Gasteiger partial charge on any atom is 0.220 e. The molecular formula is C13H17NO3. The minimum atomic E-state index is -0.0999. The summed E-state index contributed by atoms with van der Waals surface area (Å²) in [6.45, 7) is 1.97. The normalized spacial score (nSPS) is 9.76. The average Bonchev–Trinajstić information content (AvgIpc) is 2.36. The molecule has 0 unspecified atom stereocenters. The fourth-order valence-electron chi connectivity index (χ4n) is 1.37. The predicted octanol–water partition coefficient (Wildman–Crippen LogP) is 1.79. The minimum absolute atomic E-state index is 0.0468. The first-order valence-corrected chi connectivity index (χ1v) is 5.61. The molecule has 0 bridgehead atoms. The lowest BCUT2D eigenvalue weighted by Gasteiger charge is -2.04. The molecule has 92 valence electrons. The maximum atomic E-state index is 11.7. The highest BCUT2D eigenvalue weighted by Crippen LogP contribution is 2.11. The number of amides is 1. The van der Waals surface area contributed by atoms with Gasteiger partial charge < -0.3 is 10.1 Å². The van der Waals surface area contributed by atoms with Crippen molar-refractivity contribution in [1.29, 1.82) is 0 Å². The van der Waals surface area contributed by atoms with E-state index in [9.17, 15) is 9.59 Å². The summed E-state index contributed by atoms with van der Waals surface area (Å²) in [5.74, 6) is 0.517. The molecule has 1 N–H and O–H groups in total. The molecule has 0 spiro atoms. The van der Waals surface area contributed by atoms with Crippen LogP contribution in [-0.4, -0.2) is 25.3 Å². The van der Waals surface area contributed by atoms with Crippen LogP contribution in [-0.2, 0) is 4.79 Å². The van der Waals surface area contributed by atoms with Crippen LogP contribution in [0.2, 0.25) is 0 Å². The summed E-state index contributed by atoms with van der Waals surface area (Å²) in [5.41, 5.74) is 0.572. The van der Waals surface area contributed by atoms with Gasteiger partial charge in [-0.25, -0.2) is 0 Å². The molecule has 4 heteroatoms. The Morgan fingerprint density at radius 1 is 1.24 bits per heavy atom. The molecule has 0 saturated heterocycles. The molecule has 0 aliphatic rings. The van der Waals surface area contributed by atoms with Gasteiger partial charge in [-0.1, -0.05) is 6.92 Å². The topological polar surface area (TPSA) is 55.4 Å². The van der Waals surface area contributed by atoms with Crippen molar-refractivity contribution in [3.63, 3.8) is 0 Å². The molecule has 17 heavy (non-hydrogen) atoms. The molecule has 0 saturated carbocycles. The third kappa shape index (κ3) is 4.26. The second-order valence-corrected chi connectivity index (χ2v) is 3.68. The fraction of sp³-hybridized carbons (Fsp3) is 0.385. The monoisotopic (exact) mass is 235 g/mol. The van der Waals surface area contributed by atoms with E-state index in [-0.39, 0.29) is 18.2 Å². The van der Waals surface area contributed by atoms with Gasteiger partial charge in [-0.15, -0.1) is 0 Å². The average molecular weight is 235 g/mol. The summed E-state index contributed by atoms with van der Waals surface area (Å²) in [5, 5.41) is 2.59. The lowest BCUT2D eigenvalue weighted by atomic mass is 10.1. The molecule has 0 heterocycles. The van der Waals surface area contributed by atoms with E-state index in [2.05, 4.69) is 5.32 Å². The number of carbonyl (C=O) groups excluding carboxylic acids is 2. The van der Waals surface area contributed by atoms with Crippen molar-refractivity contribution in [2.45, 2.75) is 19.8 Å². The van der Waals surface area contributed by atoms with Crippen LogP contribution in [0.3, 0.4) is 0 Å². The first-order valence-electron chi connectivity index (χ1n) is 5.61. The quantitative estimate of drug-likeness (QED) is 0.765. The zero-order valence-electron chi connectivity index (χ0n) is 10.2. The first kappa shape index (κ1) is 13.2. The Morgan fingerprint density at radius 3 is 2.41 bits per heavy atom. The summed E-state index contributed by atoms with van der Waals surface area (Å²) >= 11 is 0. The van der Waals surface area contributed by atoms with Crippen molar-refractivity contribution in [3.05, 3.63) is 29.8 Å². The summed E-state index contributed by atoms with van der Waals surface area (Å²) in [4.78, 5) is 22.9. The number of hydrogen-bond donors (Lipinski definition) is 1. The van der Waals surface area contributed by atoms with Crippen molar-refractivity contribution in [2.75, 3.05) is 13.7 Å². The summed E-state index contributed by atoms with van der Waals surface area (Å²) < 4.78 is 5.00. The van der Waals surface area contributed by atoms with Gasteiger partial charge in [0, 0.05) is 12.0 Å². The highest BCUT2D eigenvalue weighted by Gasteiger charge is 2.07. The van der Waals surface area contributed by atoms with E-state index in [4.69, 9.17) is 4.74 Å². The van der Waals surface area contributed by atoms with Crippen LogP contribution < -0.4 is 10.1 Å². The Hall–Kier alpha value is -1.84. The predicted molar refractivity (Wildman–Crippen MR) is 65.2 cm³/mol. The second kappa shape index (κ2) is 6.68. The first-order chi connectivity index (χ1) is 8.17. The smallest absolute Gasteiger partial charge is 0.220 e. The lowest BCUT2D eigenvalue weighted by molar-refractivity contribution is -0.120. The van der Waals surface area contributed by atoms with Crippen molar-refractivity contribution < 1.29 is 14.3 Å². The number of benzene rings is 1. The Balaban J connectivity index is 2.49.